The van der Waals surface area contributed by atoms with Crippen molar-refractivity contribution in [3.63, 3.8) is 0 Å². The van der Waals surface area contributed by atoms with Gasteiger partial charge in [0.05, 0.1) is 6.54 Å². The summed E-state index contributed by atoms with van der Waals surface area (Å²) in [7, 11) is 0. The van der Waals surface area contributed by atoms with Crippen LogP contribution in [0.25, 0.3) is 0 Å². The summed E-state index contributed by atoms with van der Waals surface area (Å²) in [6, 6.07) is 18.7. The van der Waals surface area contributed by atoms with E-state index in [-0.39, 0.29) is 0 Å². The van der Waals surface area contributed by atoms with E-state index in [0.29, 0.717) is 0 Å². The van der Waals surface area contributed by atoms with E-state index in [1.807, 2.05) is 22.5 Å². The second kappa shape index (κ2) is 5.08. The van der Waals surface area contributed by atoms with E-state index in [2.05, 4.69) is 56.1 Å². The fourth-order valence-electron chi connectivity index (χ4n) is 1.64. The van der Waals surface area contributed by atoms with E-state index >= 15 is 0 Å². The minimum atomic E-state index is 0.813. The Labute approximate surface area is 102 Å². The van der Waals surface area contributed by atoms with Crippen LogP contribution in [0.2, 0.25) is 0 Å². The predicted octanol–water partition coefficient (Wildman–Crippen LogP) is 3.85. The molecule has 0 unspecified atom stereocenters. The largest absolute Gasteiger partial charge is 0.314 e. The van der Waals surface area contributed by atoms with E-state index in [0.717, 1.165) is 12.2 Å². The smallest absolute Gasteiger partial charge is 0.0543 e. The Kier molecular flexibility index (Phi) is 3.52. The number of hydrogen-bond donors (Lipinski definition) is 1. The van der Waals surface area contributed by atoms with Crippen molar-refractivity contribution in [1.29, 1.82) is 0 Å². The quantitative estimate of drug-likeness (QED) is 0.782. The first kappa shape index (κ1) is 11.1. The number of rotatable bonds is 3. The maximum Gasteiger partial charge on any atom is 0.0543 e. The van der Waals surface area contributed by atoms with Gasteiger partial charge in [0.1, 0.15) is 0 Å². The highest BCUT2D eigenvalue weighted by atomic mass is 32.1. The minimum absolute atomic E-state index is 0.813. The van der Waals surface area contributed by atoms with E-state index in [4.69, 9.17) is 0 Å². The molecular weight excluding hydrogens is 214 g/mol. The van der Waals surface area contributed by atoms with Crippen molar-refractivity contribution in [2.45, 2.75) is 13.5 Å². The van der Waals surface area contributed by atoms with Gasteiger partial charge in [-0.25, -0.2) is 0 Å². The molecule has 2 heteroatoms. The summed E-state index contributed by atoms with van der Waals surface area (Å²) in [4.78, 5) is 0. The van der Waals surface area contributed by atoms with E-state index < -0.39 is 0 Å². The van der Waals surface area contributed by atoms with Crippen LogP contribution in [0.5, 0.6) is 0 Å². The zero-order valence-electron chi connectivity index (χ0n) is 9.30. The van der Waals surface area contributed by atoms with Gasteiger partial charge in [-0.1, -0.05) is 55.3 Å². The summed E-state index contributed by atoms with van der Waals surface area (Å²) in [6.45, 7) is 2.90. The van der Waals surface area contributed by atoms with Crippen molar-refractivity contribution >= 4 is 18.5 Å². The molecule has 0 bridgehead atoms. The lowest BCUT2D eigenvalue weighted by atomic mass is 10.2. The molecule has 0 aliphatic rings. The maximum atomic E-state index is 4.51. The van der Waals surface area contributed by atoms with Crippen LogP contribution in [0.15, 0.2) is 54.6 Å². The number of benzene rings is 2. The molecule has 2 aromatic carbocycles. The van der Waals surface area contributed by atoms with Gasteiger partial charge in [-0.05, 0) is 30.2 Å². The molecule has 0 aliphatic heterocycles. The van der Waals surface area contributed by atoms with Gasteiger partial charge in [0.2, 0.25) is 0 Å². The molecule has 0 heterocycles. The summed E-state index contributed by atoms with van der Waals surface area (Å²) in [6.07, 6.45) is 0. The van der Waals surface area contributed by atoms with Crippen molar-refractivity contribution in [2.75, 3.05) is 4.31 Å². The van der Waals surface area contributed by atoms with E-state index in [9.17, 15) is 0 Å². The number of anilines is 1. The maximum absolute atomic E-state index is 4.51. The number of nitrogens with zero attached hydrogens (tertiary/aromatic N) is 1. The molecule has 0 saturated heterocycles. The third kappa shape index (κ3) is 2.80. The van der Waals surface area contributed by atoms with Crippen LogP contribution in [0, 0.1) is 6.92 Å². The van der Waals surface area contributed by atoms with E-state index in [1.165, 1.54) is 11.1 Å². The van der Waals surface area contributed by atoms with Gasteiger partial charge in [0, 0.05) is 5.69 Å². The SMILES string of the molecule is Cc1cccc(N(S)Cc2ccccc2)c1. The molecule has 0 aromatic heterocycles. The third-order valence-corrected chi connectivity index (χ3v) is 2.85. The monoisotopic (exact) mass is 229 g/mol. The van der Waals surface area contributed by atoms with Gasteiger partial charge in [-0.2, -0.15) is 0 Å². The topological polar surface area (TPSA) is 3.24 Å². The summed E-state index contributed by atoms with van der Waals surface area (Å²) in [5, 5.41) is 0. The van der Waals surface area contributed by atoms with Crippen LogP contribution in [-0.2, 0) is 6.54 Å². The highest BCUT2D eigenvalue weighted by molar-refractivity contribution is 7.81. The Balaban J connectivity index is 2.12. The number of aryl methyl sites for hydroxylation is 1. The molecule has 2 aromatic rings. The lowest BCUT2D eigenvalue weighted by Crippen LogP contribution is -2.09. The normalized spacial score (nSPS) is 10.1. The fraction of sp³-hybridized carbons (Fsp3) is 0.143. The Hall–Kier alpha value is -1.41. The van der Waals surface area contributed by atoms with Gasteiger partial charge >= 0.3 is 0 Å². The molecule has 0 atom stereocenters. The zero-order valence-corrected chi connectivity index (χ0v) is 10.2. The molecule has 0 amide bonds. The van der Waals surface area contributed by atoms with Crippen LogP contribution in [0.4, 0.5) is 5.69 Å². The highest BCUT2D eigenvalue weighted by Gasteiger charge is 2.02. The lowest BCUT2D eigenvalue weighted by Gasteiger charge is -2.18. The van der Waals surface area contributed by atoms with Crippen molar-refractivity contribution in [2.24, 2.45) is 0 Å². The van der Waals surface area contributed by atoms with Gasteiger partial charge < -0.3 is 4.31 Å². The van der Waals surface area contributed by atoms with Crippen molar-refractivity contribution in [3.05, 3.63) is 65.7 Å². The van der Waals surface area contributed by atoms with Gasteiger partial charge in [-0.3, -0.25) is 0 Å². The minimum Gasteiger partial charge on any atom is -0.314 e. The van der Waals surface area contributed by atoms with Gasteiger partial charge in [0.15, 0.2) is 0 Å². The molecule has 2 rings (SSSR count). The summed E-state index contributed by atoms with van der Waals surface area (Å²) >= 11 is 4.51. The fourth-order valence-corrected chi connectivity index (χ4v) is 1.92. The molecule has 1 nitrogen and oxygen atoms in total. The highest BCUT2D eigenvalue weighted by Crippen LogP contribution is 2.20. The lowest BCUT2D eigenvalue weighted by molar-refractivity contribution is 1.06. The average Bonchev–Trinajstić information content (AvgIpc) is 2.30. The molecule has 0 spiro atoms. The Morgan fingerprint density at radius 2 is 1.75 bits per heavy atom. The van der Waals surface area contributed by atoms with Crippen molar-refractivity contribution in [3.8, 4) is 0 Å². The van der Waals surface area contributed by atoms with E-state index in [1.54, 1.807) is 0 Å². The first-order valence-electron chi connectivity index (χ1n) is 5.33. The third-order valence-electron chi connectivity index (χ3n) is 2.47. The van der Waals surface area contributed by atoms with Gasteiger partial charge in [-0.15, -0.1) is 0 Å². The molecule has 0 saturated carbocycles. The van der Waals surface area contributed by atoms with Crippen molar-refractivity contribution in [1.82, 2.24) is 0 Å². The molecule has 0 fully saturated rings. The molecule has 82 valence electrons. The Morgan fingerprint density at radius 3 is 2.44 bits per heavy atom. The van der Waals surface area contributed by atoms with Gasteiger partial charge in [0.25, 0.3) is 0 Å². The average molecular weight is 229 g/mol. The van der Waals surface area contributed by atoms with Crippen LogP contribution in [0.1, 0.15) is 11.1 Å². The summed E-state index contributed by atoms with van der Waals surface area (Å²) in [5.74, 6) is 0. The first-order valence-corrected chi connectivity index (χ1v) is 5.73. The number of hydrogen-bond acceptors (Lipinski definition) is 2. The summed E-state index contributed by atoms with van der Waals surface area (Å²) < 4.78 is 1.96. The van der Waals surface area contributed by atoms with Crippen LogP contribution >= 0.6 is 12.8 Å². The standard InChI is InChI=1S/C14H15NS/c1-12-6-5-9-14(10-12)15(16)11-13-7-3-2-4-8-13/h2-10,16H,11H2,1H3. The second-order valence-electron chi connectivity index (χ2n) is 3.88. The Bertz CT molecular complexity index is 453. The van der Waals surface area contributed by atoms with Crippen LogP contribution < -0.4 is 4.31 Å². The van der Waals surface area contributed by atoms with Crippen LogP contribution in [-0.4, -0.2) is 0 Å². The van der Waals surface area contributed by atoms with Crippen LogP contribution in [0.3, 0.4) is 0 Å². The predicted molar refractivity (Wildman–Crippen MR) is 72.8 cm³/mol. The first-order chi connectivity index (χ1) is 7.75. The molecule has 0 aliphatic carbocycles. The van der Waals surface area contributed by atoms with Crippen molar-refractivity contribution < 1.29 is 0 Å². The number of thiol groups is 1. The Morgan fingerprint density at radius 1 is 1.00 bits per heavy atom. The second-order valence-corrected chi connectivity index (χ2v) is 4.37. The summed E-state index contributed by atoms with van der Waals surface area (Å²) in [5.41, 5.74) is 3.65. The zero-order chi connectivity index (χ0) is 11.4. The molecule has 0 radical (unpaired) electrons. The molecule has 0 N–H and O–H groups in total. The molecular formula is C14H15NS. The molecule has 16 heavy (non-hydrogen) atoms.